The van der Waals surface area contributed by atoms with Crippen LogP contribution >= 0.6 is 15.9 Å². The van der Waals surface area contributed by atoms with Gasteiger partial charge >= 0.3 is 0 Å². The summed E-state index contributed by atoms with van der Waals surface area (Å²) in [6.07, 6.45) is 1.66. The van der Waals surface area contributed by atoms with E-state index < -0.39 is 4.92 Å². The zero-order chi connectivity index (χ0) is 15.2. The number of rotatable bonds is 7. The van der Waals surface area contributed by atoms with E-state index in [0.29, 0.717) is 35.6 Å². The van der Waals surface area contributed by atoms with E-state index in [-0.39, 0.29) is 5.69 Å². The molecule has 0 radical (unpaired) electrons. The summed E-state index contributed by atoms with van der Waals surface area (Å²) in [6, 6.07) is 4.78. The summed E-state index contributed by atoms with van der Waals surface area (Å²) in [5.74, 6) is 0. The summed E-state index contributed by atoms with van der Waals surface area (Å²) >= 11 is 3.22. The van der Waals surface area contributed by atoms with Crippen molar-refractivity contribution >= 4 is 21.6 Å². The fourth-order valence-electron chi connectivity index (χ4n) is 1.72. The van der Waals surface area contributed by atoms with Crippen molar-refractivity contribution < 1.29 is 9.66 Å². The Morgan fingerprint density at radius 2 is 2.33 bits per heavy atom. The van der Waals surface area contributed by atoms with E-state index in [4.69, 9.17) is 4.74 Å². The summed E-state index contributed by atoms with van der Waals surface area (Å²) in [4.78, 5) is 10.6. The molecule has 21 heavy (non-hydrogen) atoms. The van der Waals surface area contributed by atoms with Gasteiger partial charge in [0, 0.05) is 30.7 Å². The number of nitro groups is 1. The highest BCUT2D eigenvalue weighted by atomic mass is 79.9. The lowest BCUT2D eigenvalue weighted by atomic mass is 10.2. The smallest absolute Gasteiger partial charge is 0.296 e. The van der Waals surface area contributed by atoms with Gasteiger partial charge in [-0.2, -0.15) is 0 Å². The van der Waals surface area contributed by atoms with Crippen molar-refractivity contribution in [1.82, 2.24) is 20.3 Å². The number of benzene rings is 1. The molecule has 0 bridgehead atoms. The minimum Gasteiger partial charge on any atom is -0.383 e. The molecule has 0 aliphatic rings. The number of hydrogen-bond donors (Lipinski definition) is 1. The van der Waals surface area contributed by atoms with Crippen LogP contribution in [0.1, 0.15) is 5.69 Å². The molecule has 0 unspecified atom stereocenters. The molecule has 1 N–H and O–H groups in total. The topological polar surface area (TPSA) is 95.1 Å². The highest BCUT2D eigenvalue weighted by molar-refractivity contribution is 9.10. The highest BCUT2D eigenvalue weighted by Gasteiger charge is 2.17. The SMILES string of the molecule is COCCNCc1cn(-c2ccc(Br)cc2[N+](=O)[O-])nn1. The molecule has 8 nitrogen and oxygen atoms in total. The first-order valence-corrected chi connectivity index (χ1v) is 6.96. The highest BCUT2D eigenvalue weighted by Crippen LogP contribution is 2.26. The van der Waals surface area contributed by atoms with E-state index in [0.717, 1.165) is 0 Å². The molecule has 112 valence electrons. The van der Waals surface area contributed by atoms with Crippen LogP contribution in [0.2, 0.25) is 0 Å². The number of nitrogens with one attached hydrogen (secondary N) is 1. The molecule has 0 saturated heterocycles. The maximum Gasteiger partial charge on any atom is 0.296 e. The van der Waals surface area contributed by atoms with Crippen LogP contribution in [0.5, 0.6) is 0 Å². The van der Waals surface area contributed by atoms with Crippen molar-refractivity contribution in [2.45, 2.75) is 6.54 Å². The summed E-state index contributed by atoms with van der Waals surface area (Å²) in [5.41, 5.74) is 1.04. The fraction of sp³-hybridized carbons (Fsp3) is 0.333. The normalized spacial score (nSPS) is 10.8. The van der Waals surface area contributed by atoms with Gasteiger partial charge in [-0.15, -0.1) is 5.10 Å². The van der Waals surface area contributed by atoms with Crippen molar-refractivity contribution in [3.63, 3.8) is 0 Å². The van der Waals surface area contributed by atoms with Gasteiger partial charge in [0.1, 0.15) is 5.69 Å². The molecular formula is C12H14BrN5O3. The molecule has 0 amide bonds. The van der Waals surface area contributed by atoms with Crippen molar-refractivity contribution in [1.29, 1.82) is 0 Å². The van der Waals surface area contributed by atoms with Gasteiger partial charge in [-0.25, -0.2) is 4.68 Å². The molecule has 0 atom stereocenters. The van der Waals surface area contributed by atoms with Crippen molar-refractivity contribution in [3.8, 4) is 5.69 Å². The van der Waals surface area contributed by atoms with Crippen LogP contribution in [-0.2, 0) is 11.3 Å². The Bertz CT molecular complexity index is 631. The lowest BCUT2D eigenvalue weighted by Gasteiger charge is -2.02. The van der Waals surface area contributed by atoms with Crippen molar-refractivity contribution in [2.75, 3.05) is 20.3 Å². The van der Waals surface area contributed by atoms with Crippen molar-refractivity contribution in [2.24, 2.45) is 0 Å². The molecule has 2 aromatic rings. The third-order valence-electron chi connectivity index (χ3n) is 2.71. The monoisotopic (exact) mass is 355 g/mol. The Labute approximate surface area is 129 Å². The maximum absolute atomic E-state index is 11.1. The Morgan fingerprint density at radius 3 is 3.05 bits per heavy atom. The van der Waals surface area contributed by atoms with E-state index >= 15 is 0 Å². The zero-order valence-electron chi connectivity index (χ0n) is 11.3. The molecule has 0 fully saturated rings. The number of hydrogen-bond acceptors (Lipinski definition) is 6. The number of halogens is 1. The van der Waals surface area contributed by atoms with E-state index in [9.17, 15) is 10.1 Å². The van der Waals surface area contributed by atoms with Gasteiger partial charge < -0.3 is 10.1 Å². The number of ether oxygens (including phenoxy) is 1. The van der Waals surface area contributed by atoms with Gasteiger partial charge in [0.25, 0.3) is 5.69 Å². The molecule has 0 spiro atoms. The van der Waals surface area contributed by atoms with Crippen LogP contribution in [0.3, 0.4) is 0 Å². The first-order chi connectivity index (χ1) is 10.1. The Hall–Kier alpha value is -1.84. The third-order valence-corrected chi connectivity index (χ3v) is 3.20. The predicted molar refractivity (Wildman–Crippen MR) is 79.3 cm³/mol. The summed E-state index contributed by atoms with van der Waals surface area (Å²) in [7, 11) is 1.63. The van der Waals surface area contributed by atoms with Crippen LogP contribution in [0.15, 0.2) is 28.9 Å². The molecule has 9 heteroatoms. The van der Waals surface area contributed by atoms with E-state index in [1.165, 1.54) is 10.7 Å². The van der Waals surface area contributed by atoms with Crippen LogP contribution in [0.25, 0.3) is 5.69 Å². The molecule has 2 rings (SSSR count). The Balaban J connectivity index is 2.16. The Morgan fingerprint density at radius 1 is 1.52 bits per heavy atom. The zero-order valence-corrected chi connectivity index (χ0v) is 12.9. The summed E-state index contributed by atoms with van der Waals surface area (Å²) < 4.78 is 6.96. The fourth-order valence-corrected chi connectivity index (χ4v) is 2.07. The number of methoxy groups -OCH3 is 1. The van der Waals surface area contributed by atoms with Gasteiger partial charge in [0.2, 0.25) is 0 Å². The van der Waals surface area contributed by atoms with Crippen LogP contribution < -0.4 is 5.32 Å². The number of nitro benzene ring substituents is 1. The summed E-state index contributed by atoms with van der Waals surface area (Å²) in [5, 5.41) is 22.1. The minimum absolute atomic E-state index is 0.0341. The van der Waals surface area contributed by atoms with Gasteiger partial charge in [0.15, 0.2) is 0 Å². The quantitative estimate of drug-likeness (QED) is 0.461. The van der Waals surface area contributed by atoms with Crippen LogP contribution in [0, 0.1) is 10.1 Å². The first-order valence-electron chi connectivity index (χ1n) is 6.17. The lowest BCUT2D eigenvalue weighted by molar-refractivity contribution is -0.384. The van der Waals surface area contributed by atoms with E-state index in [1.54, 1.807) is 25.4 Å². The first kappa shape index (κ1) is 15.5. The van der Waals surface area contributed by atoms with E-state index in [1.807, 2.05) is 0 Å². The third kappa shape index (κ3) is 4.06. The predicted octanol–water partition coefficient (Wildman–Crippen LogP) is 1.67. The van der Waals surface area contributed by atoms with Crippen LogP contribution in [0.4, 0.5) is 5.69 Å². The standard InChI is InChI=1S/C12H14BrN5O3/c1-21-5-4-14-7-10-8-17(16-15-10)11-3-2-9(13)6-12(11)18(19)20/h2-3,6,8,14H,4-5,7H2,1H3. The van der Waals surface area contributed by atoms with Crippen LogP contribution in [-0.4, -0.2) is 40.2 Å². The molecule has 1 heterocycles. The number of aromatic nitrogens is 3. The molecule has 0 saturated carbocycles. The van der Waals surface area contributed by atoms with Gasteiger partial charge in [0.05, 0.1) is 23.4 Å². The molecular weight excluding hydrogens is 342 g/mol. The van der Waals surface area contributed by atoms with Crippen molar-refractivity contribution in [3.05, 3.63) is 44.7 Å². The average Bonchev–Trinajstić information content (AvgIpc) is 2.92. The van der Waals surface area contributed by atoms with Gasteiger partial charge in [-0.3, -0.25) is 10.1 Å². The second-order valence-corrected chi connectivity index (χ2v) is 5.13. The Kier molecular flexibility index (Phi) is 5.37. The lowest BCUT2D eigenvalue weighted by Crippen LogP contribution is -2.18. The maximum atomic E-state index is 11.1. The summed E-state index contributed by atoms with van der Waals surface area (Å²) in [6.45, 7) is 1.82. The van der Waals surface area contributed by atoms with Gasteiger partial charge in [-0.05, 0) is 12.1 Å². The molecule has 0 aliphatic carbocycles. The van der Waals surface area contributed by atoms with E-state index in [2.05, 4.69) is 31.6 Å². The average molecular weight is 356 g/mol. The molecule has 0 aliphatic heterocycles. The second-order valence-electron chi connectivity index (χ2n) is 4.21. The molecule has 1 aromatic carbocycles. The largest absolute Gasteiger partial charge is 0.383 e. The minimum atomic E-state index is -0.446. The van der Waals surface area contributed by atoms with Gasteiger partial charge in [-0.1, -0.05) is 21.1 Å². The second kappa shape index (κ2) is 7.25. The number of nitrogens with zero attached hydrogens (tertiary/aromatic N) is 4. The molecule has 1 aromatic heterocycles.